The molecular formula is C73H132O16P2. The summed E-state index contributed by atoms with van der Waals surface area (Å²) in [4.78, 5) is 58.2. The minimum atomic E-state index is -4.91. The molecule has 0 saturated carbocycles. The molecule has 4 N–H and O–H groups in total. The van der Waals surface area contributed by atoms with Crippen LogP contribution >= 0.6 is 15.6 Å². The Morgan fingerprint density at radius 3 is 0.912 bits per heavy atom. The van der Waals surface area contributed by atoms with Crippen molar-refractivity contribution in [2.75, 3.05) is 39.6 Å². The number of aliphatic hydroxyl groups is 2. The van der Waals surface area contributed by atoms with Crippen LogP contribution in [0.4, 0.5) is 0 Å². The fourth-order valence-electron chi connectivity index (χ4n) is 9.75. The van der Waals surface area contributed by atoms with Crippen molar-refractivity contribution in [1.29, 1.82) is 0 Å². The second kappa shape index (κ2) is 67.0. The van der Waals surface area contributed by atoms with E-state index in [-0.39, 0.29) is 19.3 Å². The van der Waals surface area contributed by atoms with Crippen LogP contribution in [0.25, 0.3) is 0 Å². The molecule has 0 aliphatic heterocycles. The summed E-state index contributed by atoms with van der Waals surface area (Å²) in [5, 5.41) is 20.5. The van der Waals surface area contributed by atoms with Gasteiger partial charge in [0.05, 0.1) is 26.4 Å². The number of esters is 3. The summed E-state index contributed by atoms with van der Waals surface area (Å²) < 4.78 is 60.7. The zero-order valence-corrected chi connectivity index (χ0v) is 59.3. The summed E-state index contributed by atoms with van der Waals surface area (Å²) in [5.74, 6) is -1.59. The van der Waals surface area contributed by atoms with E-state index < -0.39 is 91.5 Å². The Balaban J connectivity index is 4.25. The lowest BCUT2D eigenvalue weighted by atomic mass is 10.0. The molecule has 530 valence electrons. The van der Waals surface area contributed by atoms with Crippen molar-refractivity contribution in [2.24, 2.45) is 0 Å². The van der Waals surface area contributed by atoms with E-state index in [1.165, 1.54) is 141 Å². The van der Waals surface area contributed by atoms with Crippen molar-refractivity contribution in [1.82, 2.24) is 0 Å². The van der Waals surface area contributed by atoms with Crippen LogP contribution in [0.1, 0.15) is 316 Å². The third kappa shape index (κ3) is 68.2. The number of phosphoric acid groups is 2. The number of hydrogen-bond donors (Lipinski definition) is 4. The van der Waals surface area contributed by atoms with E-state index in [0.29, 0.717) is 19.3 Å². The molecule has 0 fully saturated rings. The fourth-order valence-corrected chi connectivity index (χ4v) is 11.3. The Hall–Kier alpha value is -3.01. The molecule has 0 aliphatic rings. The number of hydrogen-bond acceptors (Lipinski definition) is 14. The van der Waals surface area contributed by atoms with Crippen molar-refractivity contribution in [3.8, 4) is 0 Å². The van der Waals surface area contributed by atoms with E-state index in [2.05, 4.69) is 93.7 Å². The predicted octanol–water partition coefficient (Wildman–Crippen LogP) is 20.3. The summed E-state index contributed by atoms with van der Waals surface area (Å²) in [6.07, 6.45) is 71.5. The molecule has 0 aromatic heterocycles. The second-order valence-electron chi connectivity index (χ2n) is 24.4. The average molecular weight is 1330 g/mol. The van der Waals surface area contributed by atoms with E-state index in [0.717, 1.165) is 116 Å². The normalized spacial score (nSPS) is 14.6. The SMILES string of the molecule is CCCC/C=C\CCCCCCCC(=O)OCC(COP(=O)(O)OCC(O)COP(=O)(O)OCC(O)COC(=O)CCCCCCCCCCCCCCCCCCC/C=C\C/C=C\C/C=C\C/C=C\CCCCC)OC(=O)CCCCCCC/C=C\CCCC. The quantitative estimate of drug-likeness (QED) is 0.0146. The van der Waals surface area contributed by atoms with Crippen molar-refractivity contribution in [3.63, 3.8) is 0 Å². The van der Waals surface area contributed by atoms with E-state index >= 15 is 0 Å². The number of ether oxygens (including phenoxy) is 3. The van der Waals surface area contributed by atoms with Crippen molar-refractivity contribution in [3.05, 3.63) is 72.9 Å². The molecule has 0 heterocycles. The van der Waals surface area contributed by atoms with E-state index in [4.69, 9.17) is 32.3 Å². The van der Waals surface area contributed by atoms with Crippen molar-refractivity contribution in [2.45, 2.75) is 334 Å². The molecule has 0 aromatic carbocycles. The number of carbonyl (C=O) groups is 3. The number of phosphoric ester groups is 2. The van der Waals surface area contributed by atoms with Gasteiger partial charge in [-0.2, -0.15) is 0 Å². The molecule has 0 spiro atoms. The summed E-state index contributed by atoms with van der Waals surface area (Å²) in [6, 6.07) is 0. The van der Waals surface area contributed by atoms with Gasteiger partial charge in [-0.05, 0) is 103 Å². The Labute approximate surface area is 553 Å². The number of carbonyl (C=O) groups excluding carboxylic acids is 3. The molecule has 0 aromatic rings. The van der Waals surface area contributed by atoms with Crippen LogP contribution in [0, 0.1) is 0 Å². The van der Waals surface area contributed by atoms with Gasteiger partial charge in [-0.3, -0.25) is 32.5 Å². The first-order valence-electron chi connectivity index (χ1n) is 36.2. The molecule has 0 bridgehead atoms. The van der Waals surface area contributed by atoms with Crippen LogP contribution in [0.15, 0.2) is 72.9 Å². The monoisotopic (exact) mass is 1330 g/mol. The maximum absolute atomic E-state index is 12.8. The molecule has 0 radical (unpaired) electrons. The zero-order valence-electron chi connectivity index (χ0n) is 57.5. The molecule has 0 rings (SSSR count). The van der Waals surface area contributed by atoms with Crippen LogP contribution in [-0.4, -0.2) is 95.9 Å². The summed E-state index contributed by atoms with van der Waals surface area (Å²) in [5.41, 5.74) is 0. The molecule has 16 nitrogen and oxygen atoms in total. The topological polar surface area (TPSA) is 231 Å². The van der Waals surface area contributed by atoms with Gasteiger partial charge in [0.1, 0.15) is 25.4 Å². The van der Waals surface area contributed by atoms with Gasteiger partial charge in [0, 0.05) is 19.3 Å². The van der Waals surface area contributed by atoms with Crippen LogP contribution in [-0.2, 0) is 55.8 Å². The standard InChI is InChI=1S/C73H132O16P2/c1-4-7-10-13-16-19-22-23-24-25-26-27-28-29-30-31-32-33-34-35-36-37-38-39-40-41-42-43-46-48-50-53-56-59-71(76)83-62-68(74)63-85-90(79,80)86-64-69(75)65-87-91(81,82)88-67-70(89-73(78)61-58-55-52-49-45-21-18-15-12-9-6-3)66-84-72(77)60-57-54-51-47-44-20-17-14-11-8-5-2/h14-19,23-24,26-27,29-30,68-70,74-75H,4-13,20-22,25,28,31-67H2,1-3H3,(H,79,80)(H,81,82)/b17-14-,18-15-,19-16-,24-23-,27-26-,30-29-. The maximum Gasteiger partial charge on any atom is 0.472 e. The maximum atomic E-state index is 12.8. The zero-order chi connectivity index (χ0) is 66.7. The van der Waals surface area contributed by atoms with Gasteiger partial charge in [-0.25, -0.2) is 9.13 Å². The number of rotatable bonds is 69. The Kier molecular flexibility index (Phi) is 64.8. The lowest BCUT2D eigenvalue weighted by Crippen LogP contribution is -2.30. The number of allylic oxidation sites excluding steroid dienone is 12. The molecule has 5 atom stereocenters. The van der Waals surface area contributed by atoms with Gasteiger partial charge in [-0.15, -0.1) is 0 Å². The van der Waals surface area contributed by atoms with Gasteiger partial charge >= 0.3 is 33.6 Å². The largest absolute Gasteiger partial charge is 0.472 e. The number of unbranched alkanes of at least 4 members (excludes halogenated alkanes) is 34. The molecule has 5 unspecified atom stereocenters. The minimum Gasteiger partial charge on any atom is -0.463 e. The molecule has 18 heteroatoms. The van der Waals surface area contributed by atoms with Gasteiger partial charge in [0.25, 0.3) is 0 Å². The van der Waals surface area contributed by atoms with Gasteiger partial charge in [-0.1, -0.05) is 267 Å². The first-order valence-corrected chi connectivity index (χ1v) is 39.2. The number of aliphatic hydroxyl groups excluding tert-OH is 2. The highest BCUT2D eigenvalue weighted by Gasteiger charge is 2.29. The molecule has 0 amide bonds. The van der Waals surface area contributed by atoms with Crippen LogP contribution in [0.3, 0.4) is 0 Å². The molecular weight excluding hydrogens is 1190 g/mol. The highest BCUT2D eigenvalue weighted by atomic mass is 31.2. The lowest BCUT2D eigenvalue weighted by Gasteiger charge is -2.21. The first-order chi connectivity index (χ1) is 44.2. The average Bonchev–Trinajstić information content (AvgIpc) is 3.68. The second-order valence-corrected chi connectivity index (χ2v) is 27.3. The summed E-state index contributed by atoms with van der Waals surface area (Å²) in [6.45, 7) is 2.55. The Bertz CT molecular complexity index is 1950. The molecule has 0 saturated heterocycles. The summed E-state index contributed by atoms with van der Waals surface area (Å²) >= 11 is 0. The van der Waals surface area contributed by atoms with Gasteiger partial charge in [0.15, 0.2) is 6.10 Å². The van der Waals surface area contributed by atoms with Crippen molar-refractivity contribution < 1.29 is 75.8 Å². The summed E-state index contributed by atoms with van der Waals surface area (Å²) in [7, 11) is -9.76. The van der Waals surface area contributed by atoms with Crippen LogP contribution < -0.4 is 0 Å². The van der Waals surface area contributed by atoms with Crippen molar-refractivity contribution >= 4 is 33.6 Å². The Morgan fingerprint density at radius 1 is 0.308 bits per heavy atom. The fraction of sp³-hybridized carbons (Fsp3) is 0.795. The smallest absolute Gasteiger partial charge is 0.463 e. The lowest BCUT2D eigenvalue weighted by molar-refractivity contribution is -0.161. The molecule has 0 aliphatic carbocycles. The van der Waals surface area contributed by atoms with E-state index in [1.54, 1.807) is 0 Å². The van der Waals surface area contributed by atoms with E-state index in [9.17, 15) is 43.5 Å². The highest BCUT2D eigenvalue weighted by Crippen LogP contribution is 2.45. The van der Waals surface area contributed by atoms with Gasteiger partial charge < -0.3 is 34.2 Å². The third-order valence-corrected chi connectivity index (χ3v) is 17.3. The third-order valence-electron chi connectivity index (χ3n) is 15.4. The predicted molar refractivity (Wildman–Crippen MR) is 372 cm³/mol. The first kappa shape index (κ1) is 88.0. The van der Waals surface area contributed by atoms with Gasteiger partial charge in [0.2, 0.25) is 0 Å². The Morgan fingerprint density at radius 2 is 0.560 bits per heavy atom. The highest BCUT2D eigenvalue weighted by molar-refractivity contribution is 7.47. The molecule has 91 heavy (non-hydrogen) atoms. The van der Waals surface area contributed by atoms with Crippen LogP contribution in [0.5, 0.6) is 0 Å². The van der Waals surface area contributed by atoms with E-state index in [1.807, 2.05) is 0 Å². The van der Waals surface area contributed by atoms with Crippen LogP contribution in [0.2, 0.25) is 0 Å². The minimum absolute atomic E-state index is 0.0952.